The molecule has 24 heavy (non-hydrogen) atoms. The first-order valence-corrected chi connectivity index (χ1v) is 8.28. The largest absolute Gasteiger partial charge is 0.338 e. The monoisotopic (exact) mass is 365 g/mol. The van der Waals surface area contributed by atoms with Crippen molar-refractivity contribution in [2.24, 2.45) is 5.92 Å². The number of amides is 2. The summed E-state index contributed by atoms with van der Waals surface area (Å²) in [6.45, 7) is 4.39. The number of piperidine rings is 1. The number of nitrogens with zero attached hydrogens (tertiary/aromatic N) is 2. The highest BCUT2D eigenvalue weighted by atomic mass is 35.5. The van der Waals surface area contributed by atoms with E-state index in [4.69, 9.17) is 23.2 Å². The maximum Gasteiger partial charge on any atom is 0.245 e. The molecule has 2 rings (SSSR count). The van der Waals surface area contributed by atoms with Crippen LogP contribution in [0.3, 0.4) is 0 Å². The van der Waals surface area contributed by atoms with Crippen LogP contribution in [-0.2, 0) is 9.59 Å². The Morgan fingerprint density at radius 2 is 2.21 bits per heavy atom. The number of halogens is 2. The third kappa shape index (κ3) is 4.08. The van der Waals surface area contributed by atoms with Crippen LogP contribution in [0.25, 0.3) is 0 Å². The van der Waals surface area contributed by atoms with E-state index in [2.05, 4.69) is 11.9 Å². The topological polar surface area (TPSA) is 73.2 Å². The van der Waals surface area contributed by atoms with Crippen molar-refractivity contribution in [3.8, 4) is 6.07 Å². The second-order valence-electron chi connectivity index (χ2n) is 5.54. The van der Waals surface area contributed by atoms with Gasteiger partial charge in [0.15, 0.2) is 0 Å². The zero-order chi connectivity index (χ0) is 17.7. The number of likely N-dealkylation sites (tertiary alicyclic amines) is 1. The van der Waals surface area contributed by atoms with Gasteiger partial charge in [0, 0.05) is 18.7 Å². The molecule has 0 bridgehead atoms. The molecule has 1 saturated heterocycles. The van der Waals surface area contributed by atoms with Gasteiger partial charge in [-0.3, -0.25) is 9.59 Å². The lowest BCUT2D eigenvalue weighted by atomic mass is 9.96. The molecule has 5 nitrogen and oxygen atoms in total. The molecule has 0 radical (unpaired) electrons. The predicted molar refractivity (Wildman–Crippen MR) is 92.5 cm³/mol. The average Bonchev–Trinajstić information content (AvgIpc) is 2.61. The molecule has 126 valence electrons. The van der Waals surface area contributed by atoms with E-state index in [0.29, 0.717) is 30.1 Å². The minimum absolute atomic E-state index is 0.192. The molecule has 1 aromatic rings. The molecule has 0 spiro atoms. The van der Waals surface area contributed by atoms with Crippen molar-refractivity contribution in [1.82, 2.24) is 10.2 Å². The number of rotatable bonds is 4. The fourth-order valence-corrected chi connectivity index (χ4v) is 3.12. The smallest absolute Gasteiger partial charge is 0.245 e. The number of nitrogens with one attached hydrogen (secondary N) is 1. The first-order valence-electron chi connectivity index (χ1n) is 7.53. The van der Waals surface area contributed by atoms with Crippen LogP contribution in [0.2, 0.25) is 10.0 Å². The number of carbonyl (C=O) groups excluding carboxylic acids is 2. The van der Waals surface area contributed by atoms with Gasteiger partial charge in [-0.1, -0.05) is 41.9 Å². The summed E-state index contributed by atoms with van der Waals surface area (Å²) < 4.78 is 0. The highest BCUT2D eigenvalue weighted by Gasteiger charge is 2.29. The summed E-state index contributed by atoms with van der Waals surface area (Å²) in [6.07, 6.45) is 2.63. The molecule has 2 amide bonds. The van der Waals surface area contributed by atoms with Crippen LogP contribution in [-0.4, -0.2) is 29.8 Å². The van der Waals surface area contributed by atoms with Crippen molar-refractivity contribution in [2.75, 3.05) is 13.1 Å². The second-order valence-corrected chi connectivity index (χ2v) is 6.33. The van der Waals surface area contributed by atoms with Crippen LogP contribution in [0.15, 0.2) is 30.9 Å². The van der Waals surface area contributed by atoms with E-state index in [1.165, 1.54) is 6.08 Å². The maximum atomic E-state index is 12.5. The van der Waals surface area contributed by atoms with Crippen LogP contribution in [0.5, 0.6) is 0 Å². The molecule has 7 heteroatoms. The molecule has 1 fully saturated rings. The first kappa shape index (κ1) is 18.3. The van der Waals surface area contributed by atoms with Gasteiger partial charge in [0.1, 0.15) is 6.04 Å². The summed E-state index contributed by atoms with van der Waals surface area (Å²) in [6, 6.07) is 6.07. The van der Waals surface area contributed by atoms with Gasteiger partial charge in [-0.15, -0.1) is 0 Å². The van der Waals surface area contributed by atoms with Crippen LogP contribution in [0.1, 0.15) is 24.4 Å². The highest BCUT2D eigenvalue weighted by molar-refractivity contribution is 6.42. The summed E-state index contributed by atoms with van der Waals surface area (Å²) >= 11 is 12.1. The Bertz CT molecular complexity index is 700. The Kier molecular flexibility index (Phi) is 6.24. The third-order valence-corrected chi connectivity index (χ3v) is 4.82. The molecule has 0 aromatic heterocycles. The van der Waals surface area contributed by atoms with E-state index in [1.807, 2.05) is 6.07 Å². The summed E-state index contributed by atoms with van der Waals surface area (Å²) in [4.78, 5) is 25.8. The standard InChI is InChI=1S/C17H17Cl2N3O2/c1-2-15(23)22-8-4-5-11(10-22)17(24)21-14(9-20)12-6-3-7-13(18)16(12)19/h2-3,6-7,11,14H,1,4-5,8,10H2,(H,21,24). The van der Waals surface area contributed by atoms with Gasteiger partial charge in [0.05, 0.1) is 22.0 Å². The third-order valence-electron chi connectivity index (χ3n) is 3.99. The molecule has 2 atom stereocenters. The zero-order valence-electron chi connectivity index (χ0n) is 13.0. The van der Waals surface area contributed by atoms with Crippen LogP contribution in [0.4, 0.5) is 0 Å². The molecule has 1 aromatic carbocycles. The summed E-state index contributed by atoms with van der Waals surface area (Å²) in [5, 5.41) is 12.6. The van der Waals surface area contributed by atoms with Crippen LogP contribution >= 0.6 is 23.2 Å². The lowest BCUT2D eigenvalue weighted by Gasteiger charge is -2.31. The van der Waals surface area contributed by atoms with Crippen molar-refractivity contribution < 1.29 is 9.59 Å². The molecule has 1 heterocycles. The normalized spacial score (nSPS) is 18.4. The summed E-state index contributed by atoms with van der Waals surface area (Å²) in [5.74, 6) is -0.835. The Morgan fingerprint density at radius 1 is 1.46 bits per heavy atom. The van der Waals surface area contributed by atoms with Gasteiger partial charge in [-0.25, -0.2) is 0 Å². The lowest BCUT2D eigenvalue weighted by Crippen LogP contribution is -2.45. The number of benzene rings is 1. The molecular formula is C17H17Cl2N3O2. The Labute approximate surface area is 150 Å². The van der Waals surface area contributed by atoms with E-state index < -0.39 is 6.04 Å². The van der Waals surface area contributed by atoms with Crippen molar-refractivity contribution >= 4 is 35.0 Å². The number of nitriles is 1. The molecule has 0 saturated carbocycles. The number of carbonyl (C=O) groups is 2. The number of hydrogen-bond acceptors (Lipinski definition) is 3. The number of hydrogen-bond donors (Lipinski definition) is 1. The first-order chi connectivity index (χ1) is 11.5. The molecular weight excluding hydrogens is 349 g/mol. The van der Waals surface area contributed by atoms with Gasteiger partial charge in [-0.05, 0) is 25.0 Å². The molecule has 1 N–H and O–H groups in total. The van der Waals surface area contributed by atoms with Crippen molar-refractivity contribution in [1.29, 1.82) is 5.26 Å². The highest BCUT2D eigenvalue weighted by Crippen LogP contribution is 2.30. The van der Waals surface area contributed by atoms with E-state index in [9.17, 15) is 14.9 Å². The van der Waals surface area contributed by atoms with E-state index >= 15 is 0 Å². The zero-order valence-corrected chi connectivity index (χ0v) is 14.5. The van der Waals surface area contributed by atoms with Gasteiger partial charge in [0.2, 0.25) is 11.8 Å². The SMILES string of the molecule is C=CC(=O)N1CCCC(C(=O)NC(C#N)c2cccc(Cl)c2Cl)C1. The van der Waals surface area contributed by atoms with Crippen molar-refractivity contribution in [2.45, 2.75) is 18.9 Å². The predicted octanol–water partition coefficient (Wildman–Crippen LogP) is 3.10. The Morgan fingerprint density at radius 3 is 2.88 bits per heavy atom. The minimum Gasteiger partial charge on any atom is -0.338 e. The van der Waals surface area contributed by atoms with Crippen LogP contribution in [0, 0.1) is 17.2 Å². The quantitative estimate of drug-likeness (QED) is 0.833. The van der Waals surface area contributed by atoms with Crippen molar-refractivity contribution in [3.05, 3.63) is 46.5 Å². The Balaban J connectivity index is 2.09. The fraction of sp³-hybridized carbons (Fsp3) is 0.353. The van der Waals surface area contributed by atoms with Crippen LogP contribution < -0.4 is 5.32 Å². The van der Waals surface area contributed by atoms with Crippen molar-refractivity contribution in [3.63, 3.8) is 0 Å². The molecule has 0 aliphatic carbocycles. The minimum atomic E-state index is -0.894. The summed E-state index contributed by atoms with van der Waals surface area (Å²) in [5.41, 5.74) is 0.454. The fourth-order valence-electron chi connectivity index (χ4n) is 2.70. The molecule has 1 aliphatic heterocycles. The molecule has 2 unspecified atom stereocenters. The maximum absolute atomic E-state index is 12.5. The van der Waals surface area contributed by atoms with E-state index in [-0.39, 0.29) is 22.8 Å². The Hall–Kier alpha value is -2.03. The van der Waals surface area contributed by atoms with Gasteiger partial charge in [-0.2, -0.15) is 5.26 Å². The average molecular weight is 366 g/mol. The van der Waals surface area contributed by atoms with E-state index in [0.717, 1.165) is 6.42 Å². The molecule has 1 aliphatic rings. The van der Waals surface area contributed by atoms with Gasteiger partial charge < -0.3 is 10.2 Å². The summed E-state index contributed by atoms with van der Waals surface area (Å²) in [7, 11) is 0. The van der Waals surface area contributed by atoms with E-state index in [1.54, 1.807) is 23.1 Å². The lowest BCUT2D eigenvalue weighted by molar-refractivity contribution is -0.132. The van der Waals surface area contributed by atoms with Gasteiger partial charge >= 0.3 is 0 Å². The second kappa shape index (κ2) is 8.18. The van der Waals surface area contributed by atoms with Gasteiger partial charge in [0.25, 0.3) is 0 Å².